The van der Waals surface area contributed by atoms with E-state index in [1.807, 2.05) is 31.2 Å². The molecule has 2 aromatic rings. The van der Waals surface area contributed by atoms with Gasteiger partial charge in [0.15, 0.2) is 0 Å². The molecule has 4 heteroatoms. The molecule has 0 spiro atoms. The third-order valence-corrected chi connectivity index (χ3v) is 2.94. The minimum atomic E-state index is -0.298. The molecule has 0 saturated carbocycles. The molecule has 0 aliphatic heterocycles. The summed E-state index contributed by atoms with van der Waals surface area (Å²) in [5.41, 5.74) is 0.279. The lowest BCUT2D eigenvalue weighted by Gasteiger charge is -2.14. The molecule has 0 fully saturated rings. The maximum Gasteiger partial charge on any atom is 0.255 e. The second-order valence-corrected chi connectivity index (χ2v) is 4.51. The lowest BCUT2D eigenvalue weighted by atomic mass is 10.0. The fraction of sp³-hybridized carbons (Fsp3) is 0.267. The van der Waals surface area contributed by atoms with Crippen LogP contribution in [-0.4, -0.2) is 30.8 Å². The molecule has 1 unspecified atom stereocenters. The van der Waals surface area contributed by atoms with Crippen LogP contribution in [-0.2, 0) is 4.74 Å². The zero-order chi connectivity index (χ0) is 13.8. The quantitative estimate of drug-likeness (QED) is 0.885. The summed E-state index contributed by atoms with van der Waals surface area (Å²) in [6.45, 7) is 2.28. The number of hydrogen-bond acceptors (Lipinski definition) is 3. The van der Waals surface area contributed by atoms with Crippen molar-refractivity contribution in [1.82, 2.24) is 5.32 Å². The van der Waals surface area contributed by atoms with Crippen LogP contribution in [0.15, 0.2) is 36.4 Å². The summed E-state index contributed by atoms with van der Waals surface area (Å²) >= 11 is 0. The number of nitrogens with one attached hydrogen (secondary N) is 1. The van der Waals surface area contributed by atoms with Gasteiger partial charge in [-0.05, 0) is 18.4 Å². The lowest BCUT2D eigenvalue weighted by Crippen LogP contribution is -2.35. The van der Waals surface area contributed by atoms with Crippen LogP contribution in [0.1, 0.15) is 17.3 Å². The molecule has 2 rings (SSSR count). The highest BCUT2D eigenvalue weighted by Crippen LogP contribution is 2.28. The number of carbonyl (C=O) groups excluding carboxylic acids is 1. The van der Waals surface area contributed by atoms with Gasteiger partial charge in [0.05, 0.1) is 12.2 Å². The zero-order valence-corrected chi connectivity index (χ0v) is 11.0. The van der Waals surface area contributed by atoms with Gasteiger partial charge < -0.3 is 15.2 Å². The van der Waals surface area contributed by atoms with E-state index in [2.05, 4.69) is 5.32 Å². The van der Waals surface area contributed by atoms with Crippen molar-refractivity contribution in [3.63, 3.8) is 0 Å². The van der Waals surface area contributed by atoms with Gasteiger partial charge in [-0.1, -0.05) is 30.3 Å². The summed E-state index contributed by atoms with van der Waals surface area (Å²) in [5, 5.41) is 14.5. The van der Waals surface area contributed by atoms with Gasteiger partial charge in [-0.25, -0.2) is 0 Å². The minimum Gasteiger partial charge on any atom is -0.506 e. The normalized spacial score (nSPS) is 12.3. The van der Waals surface area contributed by atoms with E-state index < -0.39 is 0 Å². The Labute approximate surface area is 112 Å². The summed E-state index contributed by atoms with van der Waals surface area (Å²) < 4.78 is 4.96. The van der Waals surface area contributed by atoms with Crippen molar-refractivity contribution in [2.24, 2.45) is 0 Å². The molecule has 0 aliphatic rings. The van der Waals surface area contributed by atoms with Crippen LogP contribution in [0.2, 0.25) is 0 Å². The number of benzene rings is 2. The van der Waals surface area contributed by atoms with E-state index in [0.717, 1.165) is 5.39 Å². The third-order valence-electron chi connectivity index (χ3n) is 2.94. The fourth-order valence-corrected chi connectivity index (χ4v) is 2.03. The molecule has 0 aliphatic carbocycles. The van der Waals surface area contributed by atoms with Crippen LogP contribution in [0.25, 0.3) is 10.8 Å². The number of carbonyl (C=O) groups is 1. The molecule has 1 atom stereocenters. The first-order chi connectivity index (χ1) is 9.13. The Balaban J connectivity index is 2.30. The summed E-state index contributed by atoms with van der Waals surface area (Å²) in [6.07, 6.45) is 0. The van der Waals surface area contributed by atoms with E-state index in [1.54, 1.807) is 19.2 Å². The fourth-order valence-electron chi connectivity index (χ4n) is 2.03. The standard InChI is InChI=1S/C15H17NO3/c1-10(9-19-2)16-15(18)13-8-7-11-5-3-4-6-12(11)14(13)17/h3-8,10,17H,9H2,1-2H3,(H,16,18). The van der Waals surface area contributed by atoms with E-state index in [4.69, 9.17) is 4.74 Å². The van der Waals surface area contributed by atoms with Gasteiger partial charge in [-0.2, -0.15) is 0 Å². The monoisotopic (exact) mass is 259 g/mol. The van der Waals surface area contributed by atoms with Crippen LogP contribution in [0, 0.1) is 0 Å². The second kappa shape index (κ2) is 5.71. The number of rotatable bonds is 4. The summed E-state index contributed by atoms with van der Waals surface area (Å²) in [5.74, 6) is -0.284. The predicted molar refractivity (Wildman–Crippen MR) is 74.4 cm³/mol. The van der Waals surface area contributed by atoms with Gasteiger partial charge >= 0.3 is 0 Å². The highest BCUT2D eigenvalue weighted by Gasteiger charge is 2.15. The molecule has 2 aromatic carbocycles. The molecule has 2 N–H and O–H groups in total. The molecule has 0 aromatic heterocycles. The van der Waals surface area contributed by atoms with Gasteiger partial charge in [0, 0.05) is 18.5 Å². The smallest absolute Gasteiger partial charge is 0.255 e. The molecule has 100 valence electrons. The van der Waals surface area contributed by atoms with Crippen molar-refractivity contribution >= 4 is 16.7 Å². The molecule has 19 heavy (non-hydrogen) atoms. The largest absolute Gasteiger partial charge is 0.506 e. The number of fused-ring (bicyclic) bond motifs is 1. The molecule has 0 bridgehead atoms. The van der Waals surface area contributed by atoms with Crippen LogP contribution >= 0.6 is 0 Å². The number of amides is 1. The highest BCUT2D eigenvalue weighted by atomic mass is 16.5. The Hall–Kier alpha value is -2.07. The predicted octanol–water partition coefficient (Wildman–Crippen LogP) is 2.31. The van der Waals surface area contributed by atoms with Gasteiger partial charge in [0.2, 0.25) is 0 Å². The van der Waals surface area contributed by atoms with Gasteiger partial charge in [0.25, 0.3) is 5.91 Å². The van der Waals surface area contributed by atoms with Gasteiger partial charge in [0.1, 0.15) is 5.75 Å². The Kier molecular flexibility index (Phi) is 4.02. The molecular weight excluding hydrogens is 242 g/mol. The summed E-state index contributed by atoms with van der Waals surface area (Å²) in [6, 6.07) is 10.8. The van der Waals surface area contributed by atoms with Crippen molar-refractivity contribution in [3.05, 3.63) is 42.0 Å². The van der Waals surface area contributed by atoms with Crippen molar-refractivity contribution < 1.29 is 14.6 Å². The van der Waals surface area contributed by atoms with Crippen molar-refractivity contribution in [3.8, 4) is 5.75 Å². The first-order valence-corrected chi connectivity index (χ1v) is 6.14. The van der Waals surface area contributed by atoms with E-state index in [1.165, 1.54) is 0 Å². The number of phenols is 1. The molecule has 1 amide bonds. The minimum absolute atomic E-state index is 0.0141. The van der Waals surface area contributed by atoms with Gasteiger partial charge in [-0.3, -0.25) is 4.79 Å². The van der Waals surface area contributed by atoms with Crippen molar-refractivity contribution in [1.29, 1.82) is 0 Å². The van der Waals surface area contributed by atoms with E-state index >= 15 is 0 Å². The van der Waals surface area contributed by atoms with Crippen molar-refractivity contribution in [2.45, 2.75) is 13.0 Å². The van der Waals surface area contributed by atoms with E-state index in [-0.39, 0.29) is 23.3 Å². The third kappa shape index (κ3) is 2.85. The summed E-state index contributed by atoms with van der Waals surface area (Å²) in [7, 11) is 1.58. The molecule has 0 radical (unpaired) electrons. The maximum atomic E-state index is 12.1. The first-order valence-electron chi connectivity index (χ1n) is 6.14. The number of hydrogen-bond donors (Lipinski definition) is 2. The van der Waals surface area contributed by atoms with E-state index in [9.17, 15) is 9.90 Å². The van der Waals surface area contributed by atoms with Gasteiger partial charge in [-0.15, -0.1) is 0 Å². The SMILES string of the molecule is COCC(C)NC(=O)c1ccc2ccccc2c1O. The first kappa shape index (κ1) is 13.4. The van der Waals surface area contributed by atoms with Crippen molar-refractivity contribution in [2.75, 3.05) is 13.7 Å². The zero-order valence-electron chi connectivity index (χ0n) is 11.0. The highest BCUT2D eigenvalue weighted by molar-refractivity contribution is 6.03. The number of ether oxygens (including phenoxy) is 1. The number of phenolic OH excluding ortho intramolecular Hbond substituents is 1. The number of aromatic hydroxyl groups is 1. The lowest BCUT2D eigenvalue weighted by molar-refractivity contribution is 0.0903. The maximum absolute atomic E-state index is 12.1. The summed E-state index contributed by atoms with van der Waals surface area (Å²) in [4.78, 5) is 12.1. The second-order valence-electron chi connectivity index (χ2n) is 4.51. The van der Waals surface area contributed by atoms with Crippen LogP contribution in [0.3, 0.4) is 0 Å². The Bertz CT molecular complexity index is 595. The Morgan fingerprint density at radius 1 is 1.32 bits per heavy atom. The van der Waals surface area contributed by atoms with Crippen LogP contribution in [0.5, 0.6) is 5.75 Å². The topological polar surface area (TPSA) is 58.6 Å². The van der Waals surface area contributed by atoms with E-state index in [0.29, 0.717) is 12.0 Å². The molecule has 0 saturated heterocycles. The molecular formula is C15H17NO3. The van der Waals surface area contributed by atoms with Crippen LogP contribution < -0.4 is 5.32 Å². The molecule has 0 heterocycles. The van der Waals surface area contributed by atoms with Crippen LogP contribution in [0.4, 0.5) is 0 Å². The average Bonchev–Trinajstić information content (AvgIpc) is 2.39. The number of methoxy groups -OCH3 is 1. The Morgan fingerprint density at radius 3 is 2.79 bits per heavy atom. The average molecular weight is 259 g/mol. The Morgan fingerprint density at radius 2 is 2.05 bits per heavy atom. The molecule has 4 nitrogen and oxygen atoms in total.